The van der Waals surface area contributed by atoms with Crippen molar-refractivity contribution in [2.75, 3.05) is 5.32 Å². The van der Waals surface area contributed by atoms with Gasteiger partial charge in [-0.15, -0.1) is 0 Å². The molecule has 0 spiro atoms. The molecular weight excluding hydrogens is 358 g/mol. The van der Waals surface area contributed by atoms with E-state index in [0.717, 1.165) is 6.07 Å². The molecule has 1 aromatic heterocycles. The lowest BCUT2D eigenvalue weighted by molar-refractivity contribution is 0.102. The van der Waals surface area contributed by atoms with Crippen LogP contribution in [0.4, 0.5) is 10.1 Å². The van der Waals surface area contributed by atoms with Crippen molar-refractivity contribution < 1.29 is 9.18 Å². The lowest BCUT2D eigenvalue weighted by atomic mass is 10.2. The molecule has 1 heterocycles. The summed E-state index contributed by atoms with van der Waals surface area (Å²) in [7, 11) is 0. The lowest BCUT2D eigenvalue weighted by Crippen LogP contribution is -2.13. The van der Waals surface area contributed by atoms with E-state index in [4.69, 9.17) is 23.2 Å². The fraction of sp³-hybridized carbons (Fsp3) is 0. The van der Waals surface area contributed by atoms with Crippen LogP contribution >= 0.6 is 39.1 Å². The summed E-state index contributed by atoms with van der Waals surface area (Å²) in [6.45, 7) is 0. The Morgan fingerprint density at radius 3 is 2.68 bits per heavy atom. The fourth-order valence-electron chi connectivity index (χ4n) is 1.40. The molecule has 98 valence electrons. The van der Waals surface area contributed by atoms with Crippen molar-refractivity contribution >= 4 is 50.7 Å². The normalized spacial score (nSPS) is 10.3. The van der Waals surface area contributed by atoms with E-state index in [2.05, 4.69) is 26.2 Å². The van der Waals surface area contributed by atoms with Crippen LogP contribution < -0.4 is 5.32 Å². The first-order valence-corrected chi connectivity index (χ1v) is 6.59. The summed E-state index contributed by atoms with van der Waals surface area (Å²) in [6.07, 6.45) is 2.81. The molecule has 0 aliphatic heterocycles. The van der Waals surface area contributed by atoms with E-state index in [9.17, 15) is 9.18 Å². The number of aromatic nitrogens is 1. The van der Waals surface area contributed by atoms with Crippen molar-refractivity contribution in [1.29, 1.82) is 0 Å². The molecule has 1 aromatic carbocycles. The minimum absolute atomic E-state index is 0.0883. The minimum Gasteiger partial charge on any atom is -0.320 e. The Morgan fingerprint density at radius 2 is 2.05 bits per heavy atom. The number of pyridine rings is 1. The Morgan fingerprint density at radius 1 is 1.32 bits per heavy atom. The van der Waals surface area contributed by atoms with Crippen molar-refractivity contribution in [3.05, 3.63) is 56.5 Å². The molecular formula is C12H6BrCl2FN2O. The van der Waals surface area contributed by atoms with Crippen LogP contribution in [0.2, 0.25) is 10.0 Å². The van der Waals surface area contributed by atoms with E-state index in [-0.39, 0.29) is 21.3 Å². The van der Waals surface area contributed by atoms with Crippen molar-refractivity contribution in [3.8, 4) is 0 Å². The maximum Gasteiger partial charge on any atom is 0.257 e. The number of nitrogens with one attached hydrogen (secondary N) is 1. The van der Waals surface area contributed by atoms with Gasteiger partial charge in [0.15, 0.2) is 0 Å². The maximum absolute atomic E-state index is 13.1. The van der Waals surface area contributed by atoms with Gasteiger partial charge in [0.1, 0.15) is 5.82 Å². The molecule has 0 atom stereocenters. The van der Waals surface area contributed by atoms with Crippen LogP contribution in [-0.4, -0.2) is 10.9 Å². The third-order valence-corrected chi connectivity index (χ3v) is 3.49. The molecule has 0 saturated carbocycles. The largest absolute Gasteiger partial charge is 0.320 e. The predicted octanol–water partition coefficient (Wildman–Crippen LogP) is 4.54. The molecule has 1 amide bonds. The number of anilines is 1. The third-order valence-electron chi connectivity index (χ3n) is 2.26. The van der Waals surface area contributed by atoms with Gasteiger partial charge < -0.3 is 5.32 Å². The highest BCUT2D eigenvalue weighted by atomic mass is 79.9. The topological polar surface area (TPSA) is 42.0 Å². The minimum atomic E-state index is -0.503. The van der Waals surface area contributed by atoms with E-state index in [0.29, 0.717) is 4.47 Å². The first-order valence-electron chi connectivity index (χ1n) is 5.04. The highest BCUT2D eigenvalue weighted by Crippen LogP contribution is 2.32. The fourth-order valence-corrected chi connectivity index (χ4v) is 2.51. The van der Waals surface area contributed by atoms with Gasteiger partial charge in [0.25, 0.3) is 5.91 Å². The van der Waals surface area contributed by atoms with Gasteiger partial charge in [-0.05, 0) is 34.1 Å². The molecule has 0 fully saturated rings. The van der Waals surface area contributed by atoms with Gasteiger partial charge in [-0.3, -0.25) is 9.78 Å². The summed E-state index contributed by atoms with van der Waals surface area (Å²) in [4.78, 5) is 15.8. The summed E-state index contributed by atoms with van der Waals surface area (Å²) in [5, 5.41) is 2.87. The summed E-state index contributed by atoms with van der Waals surface area (Å²) >= 11 is 14.9. The van der Waals surface area contributed by atoms with Gasteiger partial charge in [0, 0.05) is 16.9 Å². The Kier molecular flexibility index (Phi) is 4.39. The molecule has 2 rings (SSSR count). The third kappa shape index (κ3) is 3.23. The predicted molar refractivity (Wildman–Crippen MR) is 76.3 cm³/mol. The first-order chi connectivity index (χ1) is 8.99. The number of nitrogens with zero attached hydrogens (tertiary/aromatic N) is 1. The second-order valence-electron chi connectivity index (χ2n) is 3.55. The van der Waals surface area contributed by atoms with E-state index in [1.54, 1.807) is 0 Å². The summed E-state index contributed by atoms with van der Waals surface area (Å²) < 4.78 is 13.4. The molecule has 0 unspecified atom stereocenters. The molecule has 7 heteroatoms. The van der Waals surface area contributed by atoms with Crippen molar-refractivity contribution in [3.63, 3.8) is 0 Å². The van der Waals surface area contributed by atoms with Gasteiger partial charge in [-0.2, -0.15) is 0 Å². The number of hydrogen-bond acceptors (Lipinski definition) is 2. The van der Waals surface area contributed by atoms with Crippen molar-refractivity contribution in [2.45, 2.75) is 0 Å². The highest BCUT2D eigenvalue weighted by Gasteiger charge is 2.15. The van der Waals surface area contributed by atoms with E-state index in [1.165, 1.54) is 24.5 Å². The number of carbonyl (C=O) groups excluding carboxylic acids is 1. The Labute approximate surface area is 126 Å². The standard InChI is InChI=1S/C12H6BrCl2FN2O/c13-8-3-6(16)4-9(14)11(8)18-12(19)7-1-2-17-5-10(7)15/h1-5H,(H,18,19). The van der Waals surface area contributed by atoms with Gasteiger partial charge in [0.05, 0.1) is 21.3 Å². The van der Waals surface area contributed by atoms with E-state index >= 15 is 0 Å². The van der Waals surface area contributed by atoms with Gasteiger partial charge in [0.2, 0.25) is 0 Å². The van der Waals surface area contributed by atoms with Crippen LogP contribution in [0.3, 0.4) is 0 Å². The molecule has 19 heavy (non-hydrogen) atoms. The maximum atomic E-state index is 13.1. The monoisotopic (exact) mass is 362 g/mol. The Hall–Kier alpha value is -1.17. The average molecular weight is 364 g/mol. The molecule has 1 N–H and O–H groups in total. The van der Waals surface area contributed by atoms with E-state index < -0.39 is 11.7 Å². The van der Waals surface area contributed by atoms with Crippen LogP contribution in [0, 0.1) is 5.82 Å². The number of hydrogen-bond donors (Lipinski definition) is 1. The zero-order valence-corrected chi connectivity index (χ0v) is 12.4. The Bertz CT molecular complexity index is 628. The molecule has 0 radical (unpaired) electrons. The van der Waals surface area contributed by atoms with Crippen LogP contribution in [0.1, 0.15) is 10.4 Å². The smallest absolute Gasteiger partial charge is 0.257 e. The van der Waals surface area contributed by atoms with Crippen LogP contribution in [0.5, 0.6) is 0 Å². The summed E-state index contributed by atoms with van der Waals surface area (Å²) in [6, 6.07) is 3.79. The zero-order chi connectivity index (χ0) is 14.0. The quantitative estimate of drug-likeness (QED) is 0.850. The highest BCUT2D eigenvalue weighted by molar-refractivity contribution is 9.10. The number of rotatable bonds is 2. The first kappa shape index (κ1) is 14.2. The number of carbonyl (C=O) groups is 1. The second kappa shape index (κ2) is 5.86. The molecule has 0 aliphatic carbocycles. The molecule has 0 saturated heterocycles. The van der Waals surface area contributed by atoms with Gasteiger partial charge >= 0.3 is 0 Å². The lowest BCUT2D eigenvalue weighted by Gasteiger charge is -2.10. The molecule has 0 aliphatic rings. The summed E-state index contributed by atoms with van der Waals surface area (Å²) in [5.74, 6) is -0.960. The number of amides is 1. The SMILES string of the molecule is O=C(Nc1c(Cl)cc(F)cc1Br)c1ccncc1Cl. The molecule has 3 nitrogen and oxygen atoms in total. The Balaban J connectivity index is 2.32. The van der Waals surface area contributed by atoms with Crippen LogP contribution in [-0.2, 0) is 0 Å². The van der Waals surface area contributed by atoms with E-state index in [1.807, 2.05) is 0 Å². The van der Waals surface area contributed by atoms with Crippen LogP contribution in [0.25, 0.3) is 0 Å². The van der Waals surface area contributed by atoms with Crippen LogP contribution in [0.15, 0.2) is 35.1 Å². The number of benzene rings is 1. The zero-order valence-electron chi connectivity index (χ0n) is 9.25. The number of halogens is 4. The van der Waals surface area contributed by atoms with Crippen molar-refractivity contribution in [1.82, 2.24) is 4.98 Å². The second-order valence-corrected chi connectivity index (χ2v) is 5.22. The molecule has 0 bridgehead atoms. The average Bonchev–Trinajstić information content (AvgIpc) is 2.34. The molecule has 2 aromatic rings. The van der Waals surface area contributed by atoms with Gasteiger partial charge in [-0.1, -0.05) is 23.2 Å². The van der Waals surface area contributed by atoms with Gasteiger partial charge in [-0.25, -0.2) is 4.39 Å². The van der Waals surface area contributed by atoms with Crippen molar-refractivity contribution in [2.24, 2.45) is 0 Å². The summed E-state index contributed by atoms with van der Waals surface area (Å²) in [5.41, 5.74) is 0.532.